The molecule has 1 unspecified atom stereocenters. The lowest BCUT2D eigenvalue weighted by Crippen LogP contribution is -2.38. The molecule has 0 saturated carbocycles. The van der Waals surface area contributed by atoms with Gasteiger partial charge in [-0.1, -0.05) is 45.0 Å². The average Bonchev–Trinajstić information content (AvgIpc) is 2.41. The Hall–Kier alpha value is -0.860. The van der Waals surface area contributed by atoms with Crippen molar-refractivity contribution < 1.29 is 4.74 Å². The van der Waals surface area contributed by atoms with Crippen LogP contribution in [0.2, 0.25) is 0 Å². The van der Waals surface area contributed by atoms with Gasteiger partial charge < -0.3 is 10.1 Å². The Morgan fingerprint density at radius 3 is 2.19 bits per heavy atom. The number of nitrogens with one attached hydrogen (secondary N) is 1. The summed E-state index contributed by atoms with van der Waals surface area (Å²) in [7, 11) is 0. The summed E-state index contributed by atoms with van der Waals surface area (Å²) in [4.78, 5) is 0. The van der Waals surface area contributed by atoms with Crippen molar-refractivity contribution in [2.45, 2.75) is 71.9 Å². The zero-order chi connectivity index (χ0) is 15.9. The zero-order valence-corrected chi connectivity index (χ0v) is 14.7. The van der Waals surface area contributed by atoms with Crippen LogP contribution >= 0.6 is 0 Å². The van der Waals surface area contributed by atoms with E-state index in [-0.39, 0.29) is 5.60 Å². The monoisotopic (exact) mass is 291 g/mol. The van der Waals surface area contributed by atoms with Gasteiger partial charge in [0.1, 0.15) is 0 Å². The molecule has 0 saturated heterocycles. The van der Waals surface area contributed by atoms with Crippen molar-refractivity contribution in [3.63, 3.8) is 0 Å². The number of hydrogen-bond donors (Lipinski definition) is 1. The third-order valence-corrected chi connectivity index (χ3v) is 3.53. The second-order valence-electron chi connectivity index (χ2n) is 7.17. The molecular weight excluding hydrogens is 258 g/mol. The Labute approximate surface area is 131 Å². The first-order valence-electron chi connectivity index (χ1n) is 8.28. The first-order chi connectivity index (χ1) is 9.81. The quantitative estimate of drug-likeness (QED) is 0.759. The van der Waals surface area contributed by atoms with Crippen molar-refractivity contribution in [1.82, 2.24) is 5.32 Å². The predicted octanol–water partition coefficient (Wildman–Crippen LogP) is 4.54. The van der Waals surface area contributed by atoms with Crippen molar-refractivity contribution in [2.24, 2.45) is 0 Å². The van der Waals surface area contributed by atoms with Crippen LogP contribution in [0.4, 0.5) is 0 Å². The number of rotatable bonds is 8. The molecule has 0 bridgehead atoms. The fraction of sp³-hybridized carbons (Fsp3) is 0.684. The maximum absolute atomic E-state index is 5.96. The summed E-state index contributed by atoms with van der Waals surface area (Å²) in [6, 6.07) is 9.40. The molecule has 0 aliphatic heterocycles. The van der Waals surface area contributed by atoms with Gasteiger partial charge in [0.15, 0.2) is 0 Å². The molecule has 0 fully saturated rings. The lowest BCUT2D eigenvalue weighted by Gasteiger charge is -2.25. The Bertz CT molecular complexity index is 389. The summed E-state index contributed by atoms with van der Waals surface area (Å²) >= 11 is 0. The smallest absolute Gasteiger partial charge is 0.0629 e. The molecule has 0 spiro atoms. The van der Waals surface area contributed by atoms with Crippen molar-refractivity contribution in [3.8, 4) is 0 Å². The highest BCUT2D eigenvalue weighted by molar-refractivity contribution is 5.25. The molecule has 0 aromatic heterocycles. The van der Waals surface area contributed by atoms with Gasteiger partial charge in [-0.3, -0.25) is 0 Å². The van der Waals surface area contributed by atoms with Crippen molar-refractivity contribution in [2.75, 3.05) is 13.2 Å². The number of hydrogen-bond acceptors (Lipinski definition) is 2. The van der Waals surface area contributed by atoms with Crippen LogP contribution in [-0.2, 0) is 11.2 Å². The van der Waals surface area contributed by atoms with Gasteiger partial charge in [-0.25, -0.2) is 0 Å². The third kappa shape index (κ3) is 7.63. The van der Waals surface area contributed by atoms with Crippen molar-refractivity contribution >= 4 is 0 Å². The van der Waals surface area contributed by atoms with E-state index in [1.54, 1.807) is 0 Å². The average molecular weight is 291 g/mol. The van der Waals surface area contributed by atoms with Gasteiger partial charge >= 0.3 is 0 Å². The zero-order valence-electron chi connectivity index (χ0n) is 14.7. The van der Waals surface area contributed by atoms with E-state index in [0.717, 1.165) is 26.0 Å². The first kappa shape index (κ1) is 18.2. The number of benzene rings is 1. The fourth-order valence-corrected chi connectivity index (χ4v) is 2.21. The minimum Gasteiger partial charge on any atom is -0.374 e. The molecule has 120 valence electrons. The van der Waals surface area contributed by atoms with Gasteiger partial charge in [0.05, 0.1) is 12.2 Å². The van der Waals surface area contributed by atoms with E-state index in [1.807, 2.05) is 0 Å². The largest absolute Gasteiger partial charge is 0.374 e. The molecule has 0 heterocycles. The summed E-state index contributed by atoms with van der Waals surface area (Å²) in [5.41, 5.74) is 2.71. The Morgan fingerprint density at radius 1 is 1.10 bits per heavy atom. The van der Waals surface area contributed by atoms with Crippen LogP contribution in [0.3, 0.4) is 0 Å². The molecule has 1 rings (SSSR count). The molecule has 0 aliphatic rings. The van der Waals surface area contributed by atoms with E-state index in [0.29, 0.717) is 12.0 Å². The second-order valence-corrected chi connectivity index (χ2v) is 7.17. The summed E-state index contributed by atoms with van der Waals surface area (Å²) in [6.45, 7) is 14.8. The molecule has 0 radical (unpaired) electrons. The second kappa shape index (κ2) is 8.55. The summed E-state index contributed by atoms with van der Waals surface area (Å²) in [5, 5.41) is 3.60. The predicted molar refractivity (Wildman–Crippen MR) is 92.0 cm³/mol. The van der Waals surface area contributed by atoms with E-state index in [4.69, 9.17) is 4.74 Å². The molecular formula is C19H33NO. The Balaban J connectivity index is 2.62. The van der Waals surface area contributed by atoms with E-state index >= 15 is 0 Å². The highest BCUT2D eigenvalue weighted by Gasteiger charge is 2.15. The van der Waals surface area contributed by atoms with Crippen LogP contribution in [0.15, 0.2) is 24.3 Å². The van der Waals surface area contributed by atoms with Gasteiger partial charge in [0, 0.05) is 6.04 Å². The van der Waals surface area contributed by atoms with Gasteiger partial charge in [-0.2, -0.15) is 0 Å². The molecule has 21 heavy (non-hydrogen) atoms. The van der Waals surface area contributed by atoms with E-state index in [2.05, 4.69) is 71.1 Å². The van der Waals surface area contributed by atoms with Crippen molar-refractivity contribution in [1.29, 1.82) is 0 Å². The standard InChI is InChI=1S/C19H33NO/c1-7-12-20-18(14-21-19(4,5)6)13-16-8-10-17(11-9-16)15(2)3/h8-11,15,18,20H,7,12-14H2,1-6H3. The van der Waals surface area contributed by atoms with Crippen LogP contribution in [0.25, 0.3) is 0 Å². The van der Waals surface area contributed by atoms with Crippen LogP contribution in [0.1, 0.15) is 65.0 Å². The highest BCUT2D eigenvalue weighted by atomic mass is 16.5. The number of ether oxygens (including phenoxy) is 1. The third-order valence-electron chi connectivity index (χ3n) is 3.53. The molecule has 2 nitrogen and oxygen atoms in total. The minimum absolute atomic E-state index is 0.0757. The molecule has 0 amide bonds. The van der Waals surface area contributed by atoms with E-state index in [1.165, 1.54) is 11.1 Å². The molecule has 1 atom stereocenters. The van der Waals surface area contributed by atoms with Crippen LogP contribution in [0, 0.1) is 0 Å². The molecule has 0 aliphatic carbocycles. The van der Waals surface area contributed by atoms with Crippen molar-refractivity contribution in [3.05, 3.63) is 35.4 Å². The lowest BCUT2D eigenvalue weighted by molar-refractivity contribution is -0.0143. The summed E-state index contributed by atoms with van der Waals surface area (Å²) in [6.07, 6.45) is 2.17. The Morgan fingerprint density at radius 2 is 1.71 bits per heavy atom. The molecule has 1 N–H and O–H groups in total. The van der Waals surface area contributed by atoms with Gasteiger partial charge in [-0.05, 0) is 57.2 Å². The van der Waals surface area contributed by atoms with E-state index in [9.17, 15) is 0 Å². The molecule has 1 aromatic carbocycles. The summed E-state index contributed by atoms with van der Waals surface area (Å²) < 4.78 is 5.96. The maximum Gasteiger partial charge on any atom is 0.0629 e. The molecule has 2 heteroatoms. The lowest BCUT2D eigenvalue weighted by atomic mass is 9.99. The summed E-state index contributed by atoms with van der Waals surface area (Å²) in [5.74, 6) is 0.595. The van der Waals surface area contributed by atoms with Crippen LogP contribution in [-0.4, -0.2) is 24.8 Å². The maximum atomic E-state index is 5.96. The van der Waals surface area contributed by atoms with Crippen LogP contribution < -0.4 is 5.32 Å². The normalized spacial score (nSPS) is 13.7. The van der Waals surface area contributed by atoms with Gasteiger partial charge in [-0.15, -0.1) is 0 Å². The van der Waals surface area contributed by atoms with Gasteiger partial charge in [0.25, 0.3) is 0 Å². The highest BCUT2D eigenvalue weighted by Crippen LogP contribution is 2.16. The minimum atomic E-state index is -0.0757. The Kier molecular flexibility index (Phi) is 7.41. The fourth-order valence-electron chi connectivity index (χ4n) is 2.21. The molecule has 1 aromatic rings. The van der Waals surface area contributed by atoms with Gasteiger partial charge in [0.2, 0.25) is 0 Å². The SMILES string of the molecule is CCCNC(COC(C)(C)C)Cc1ccc(C(C)C)cc1. The topological polar surface area (TPSA) is 21.3 Å². The first-order valence-corrected chi connectivity index (χ1v) is 8.28. The van der Waals surface area contributed by atoms with Crippen LogP contribution in [0.5, 0.6) is 0 Å². The van der Waals surface area contributed by atoms with E-state index < -0.39 is 0 Å².